The van der Waals surface area contributed by atoms with Crippen LogP contribution in [0.3, 0.4) is 0 Å². The van der Waals surface area contributed by atoms with Crippen LogP contribution in [0.1, 0.15) is 31.2 Å². The molecule has 0 saturated carbocycles. The Morgan fingerprint density at radius 3 is 2.65 bits per heavy atom. The number of nitrogens with zero attached hydrogens (tertiary/aromatic N) is 2. The monoisotopic (exact) mass is 330 g/mol. The van der Waals surface area contributed by atoms with Crippen molar-refractivity contribution in [2.75, 3.05) is 0 Å². The molecular formula is C16H15BrN2O. The molecule has 102 valence electrons. The first kappa shape index (κ1) is 13.3. The SMILES string of the molecule is Cc1cccc2cc(-c3cc(Br)nc(C(C)C)n3)oc12. The van der Waals surface area contributed by atoms with E-state index in [1.165, 1.54) is 0 Å². The zero-order chi connectivity index (χ0) is 14.3. The van der Waals surface area contributed by atoms with Gasteiger partial charge in [-0.15, -0.1) is 0 Å². The average molecular weight is 331 g/mol. The molecule has 0 unspecified atom stereocenters. The van der Waals surface area contributed by atoms with Gasteiger partial charge in [0, 0.05) is 17.4 Å². The Labute approximate surface area is 126 Å². The van der Waals surface area contributed by atoms with Gasteiger partial charge in [-0.05, 0) is 34.5 Å². The van der Waals surface area contributed by atoms with Crippen molar-refractivity contribution in [3.05, 3.63) is 46.3 Å². The van der Waals surface area contributed by atoms with E-state index in [1.54, 1.807) is 0 Å². The van der Waals surface area contributed by atoms with Crippen molar-refractivity contribution in [1.29, 1.82) is 0 Å². The van der Waals surface area contributed by atoms with Crippen molar-refractivity contribution in [2.24, 2.45) is 0 Å². The van der Waals surface area contributed by atoms with E-state index in [0.29, 0.717) is 0 Å². The molecule has 0 aliphatic rings. The molecule has 20 heavy (non-hydrogen) atoms. The number of benzene rings is 1. The number of hydrogen-bond donors (Lipinski definition) is 0. The highest BCUT2D eigenvalue weighted by atomic mass is 79.9. The molecular weight excluding hydrogens is 316 g/mol. The number of halogens is 1. The predicted molar refractivity (Wildman–Crippen MR) is 83.8 cm³/mol. The van der Waals surface area contributed by atoms with Gasteiger partial charge in [-0.2, -0.15) is 0 Å². The first-order chi connectivity index (χ1) is 9.54. The molecule has 4 heteroatoms. The Balaban J connectivity index is 2.17. The summed E-state index contributed by atoms with van der Waals surface area (Å²) in [4.78, 5) is 8.99. The smallest absolute Gasteiger partial charge is 0.153 e. The van der Waals surface area contributed by atoms with E-state index in [0.717, 1.165) is 38.4 Å². The summed E-state index contributed by atoms with van der Waals surface area (Å²) in [5.74, 6) is 1.86. The van der Waals surface area contributed by atoms with Gasteiger partial charge in [0.2, 0.25) is 0 Å². The van der Waals surface area contributed by atoms with Gasteiger partial charge in [-0.25, -0.2) is 9.97 Å². The molecule has 3 rings (SSSR count). The molecule has 0 aliphatic carbocycles. The molecule has 2 heterocycles. The van der Waals surface area contributed by atoms with E-state index in [4.69, 9.17) is 4.42 Å². The van der Waals surface area contributed by atoms with E-state index < -0.39 is 0 Å². The Hall–Kier alpha value is -1.68. The van der Waals surface area contributed by atoms with Crippen molar-refractivity contribution in [3.63, 3.8) is 0 Å². The number of hydrogen-bond acceptors (Lipinski definition) is 3. The second kappa shape index (κ2) is 5.02. The quantitative estimate of drug-likeness (QED) is 0.614. The first-order valence-electron chi connectivity index (χ1n) is 6.58. The molecule has 0 aliphatic heterocycles. The molecule has 0 saturated heterocycles. The van der Waals surface area contributed by atoms with Gasteiger partial charge in [0.1, 0.15) is 21.7 Å². The minimum atomic E-state index is 0.275. The molecule has 0 bridgehead atoms. The van der Waals surface area contributed by atoms with Crippen molar-refractivity contribution in [3.8, 4) is 11.5 Å². The van der Waals surface area contributed by atoms with Crippen LogP contribution in [-0.2, 0) is 0 Å². The van der Waals surface area contributed by atoms with Crippen LogP contribution in [-0.4, -0.2) is 9.97 Å². The van der Waals surface area contributed by atoms with E-state index >= 15 is 0 Å². The Kier molecular flexibility index (Phi) is 3.34. The minimum Gasteiger partial charge on any atom is -0.454 e. The number of aryl methyl sites for hydroxylation is 1. The topological polar surface area (TPSA) is 38.9 Å². The maximum absolute atomic E-state index is 5.96. The molecule has 0 amide bonds. The number of rotatable bonds is 2. The molecule has 3 aromatic rings. The standard InChI is InChI=1S/C16H15BrN2O/c1-9(2)16-18-12(8-14(17)19-16)13-7-11-6-4-5-10(3)15(11)20-13/h4-9H,1-3H3. The predicted octanol–water partition coefficient (Wildman–Crippen LogP) is 5.08. The van der Waals surface area contributed by atoms with Crippen molar-refractivity contribution < 1.29 is 4.42 Å². The van der Waals surface area contributed by atoms with Crippen LogP contribution < -0.4 is 0 Å². The van der Waals surface area contributed by atoms with Crippen LogP contribution in [0.5, 0.6) is 0 Å². The summed E-state index contributed by atoms with van der Waals surface area (Å²) in [5, 5.41) is 1.10. The zero-order valence-electron chi connectivity index (χ0n) is 11.6. The van der Waals surface area contributed by atoms with Gasteiger partial charge in [-0.1, -0.05) is 32.0 Å². The highest BCUT2D eigenvalue weighted by molar-refractivity contribution is 9.10. The molecule has 3 nitrogen and oxygen atoms in total. The molecule has 0 spiro atoms. The molecule has 0 radical (unpaired) electrons. The van der Waals surface area contributed by atoms with Crippen LogP contribution in [0, 0.1) is 6.92 Å². The Morgan fingerprint density at radius 2 is 1.95 bits per heavy atom. The van der Waals surface area contributed by atoms with Crippen LogP contribution in [0.15, 0.2) is 39.4 Å². The summed E-state index contributed by atoms with van der Waals surface area (Å²) in [6, 6.07) is 10.0. The summed E-state index contributed by atoms with van der Waals surface area (Å²) >= 11 is 3.44. The van der Waals surface area contributed by atoms with Crippen LogP contribution in [0.4, 0.5) is 0 Å². The summed E-state index contributed by atoms with van der Waals surface area (Å²) in [5.41, 5.74) is 2.86. The minimum absolute atomic E-state index is 0.275. The van der Waals surface area contributed by atoms with Gasteiger partial charge in [0.05, 0.1) is 0 Å². The second-order valence-corrected chi connectivity index (χ2v) is 6.01. The normalized spacial score (nSPS) is 11.4. The number of para-hydroxylation sites is 1. The molecule has 2 aromatic heterocycles. The van der Waals surface area contributed by atoms with Gasteiger partial charge >= 0.3 is 0 Å². The molecule has 1 aromatic carbocycles. The highest BCUT2D eigenvalue weighted by Gasteiger charge is 2.13. The fourth-order valence-corrected chi connectivity index (χ4v) is 2.55. The lowest BCUT2D eigenvalue weighted by atomic mass is 10.1. The average Bonchev–Trinajstić information content (AvgIpc) is 2.83. The fraction of sp³-hybridized carbons (Fsp3) is 0.250. The fourth-order valence-electron chi connectivity index (χ4n) is 2.15. The van der Waals surface area contributed by atoms with E-state index in [9.17, 15) is 0 Å². The number of furan rings is 1. The molecule has 0 N–H and O–H groups in total. The zero-order valence-corrected chi connectivity index (χ0v) is 13.2. The summed E-state index contributed by atoms with van der Waals surface area (Å²) in [7, 11) is 0. The summed E-state index contributed by atoms with van der Waals surface area (Å²) < 4.78 is 6.74. The van der Waals surface area contributed by atoms with E-state index in [-0.39, 0.29) is 5.92 Å². The third-order valence-corrected chi connectivity index (χ3v) is 3.63. The van der Waals surface area contributed by atoms with Gasteiger partial charge in [0.25, 0.3) is 0 Å². The molecule has 0 fully saturated rings. The maximum Gasteiger partial charge on any atom is 0.153 e. The van der Waals surface area contributed by atoms with Crippen molar-refractivity contribution in [1.82, 2.24) is 9.97 Å². The Morgan fingerprint density at radius 1 is 1.15 bits per heavy atom. The lowest BCUT2D eigenvalue weighted by molar-refractivity contribution is 0.623. The second-order valence-electron chi connectivity index (χ2n) is 5.19. The van der Waals surface area contributed by atoms with Crippen LogP contribution in [0.2, 0.25) is 0 Å². The highest BCUT2D eigenvalue weighted by Crippen LogP contribution is 2.30. The maximum atomic E-state index is 5.96. The third kappa shape index (κ3) is 2.36. The summed E-state index contributed by atoms with van der Waals surface area (Å²) in [6.45, 7) is 6.20. The van der Waals surface area contributed by atoms with Crippen LogP contribution in [0.25, 0.3) is 22.4 Å². The number of aromatic nitrogens is 2. The Bertz CT molecular complexity index is 777. The lowest BCUT2D eigenvalue weighted by Gasteiger charge is -2.05. The third-order valence-electron chi connectivity index (χ3n) is 3.22. The number of fused-ring (bicyclic) bond motifs is 1. The van der Waals surface area contributed by atoms with Crippen LogP contribution >= 0.6 is 15.9 Å². The van der Waals surface area contributed by atoms with Crippen molar-refractivity contribution >= 4 is 26.9 Å². The van der Waals surface area contributed by atoms with Gasteiger partial charge in [-0.3, -0.25) is 0 Å². The largest absolute Gasteiger partial charge is 0.454 e. The summed E-state index contributed by atoms with van der Waals surface area (Å²) in [6.07, 6.45) is 0. The first-order valence-corrected chi connectivity index (χ1v) is 7.38. The van der Waals surface area contributed by atoms with Gasteiger partial charge < -0.3 is 4.42 Å². The molecule has 0 atom stereocenters. The lowest BCUT2D eigenvalue weighted by Crippen LogP contribution is -1.99. The van der Waals surface area contributed by atoms with Crippen molar-refractivity contribution in [2.45, 2.75) is 26.7 Å². The van der Waals surface area contributed by atoms with Gasteiger partial charge in [0.15, 0.2) is 5.76 Å². The van der Waals surface area contributed by atoms with E-state index in [2.05, 4.69) is 45.8 Å². The van der Waals surface area contributed by atoms with E-state index in [1.807, 2.05) is 31.2 Å².